The summed E-state index contributed by atoms with van der Waals surface area (Å²) in [6.07, 6.45) is 5.94. The van der Waals surface area contributed by atoms with E-state index >= 15 is 0 Å². The second-order valence-electron chi connectivity index (χ2n) is 12.2. The molecule has 1 atom stereocenters. The van der Waals surface area contributed by atoms with E-state index in [1.165, 1.54) is 17.0 Å². The molecule has 0 spiro atoms. The first kappa shape index (κ1) is 35.5. The molecule has 0 heterocycles. The third-order valence-corrected chi connectivity index (χ3v) is 11.2. The average Bonchev–Trinajstić information content (AvgIpc) is 3.10. The van der Waals surface area contributed by atoms with Crippen LogP contribution >= 0.6 is 23.2 Å². The van der Waals surface area contributed by atoms with Crippen LogP contribution in [-0.2, 0) is 39.0 Å². The van der Waals surface area contributed by atoms with Gasteiger partial charge in [-0.2, -0.15) is 0 Å². The van der Waals surface area contributed by atoms with Crippen molar-refractivity contribution in [3.63, 3.8) is 0 Å². The highest BCUT2D eigenvalue weighted by Gasteiger charge is 2.35. The lowest BCUT2D eigenvalue weighted by Crippen LogP contribution is -2.55. The predicted octanol–water partition coefficient (Wildman–Crippen LogP) is 7.84. The Balaban J connectivity index is 1.57. The molecule has 1 aliphatic carbocycles. The summed E-state index contributed by atoms with van der Waals surface area (Å²) in [7, 11) is -4.17. The van der Waals surface area contributed by atoms with Gasteiger partial charge in [-0.25, -0.2) is 8.42 Å². The second kappa shape index (κ2) is 16.5. The number of anilines is 1. The summed E-state index contributed by atoms with van der Waals surface area (Å²) in [5, 5.41) is 4.00. The Morgan fingerprint density at radius 2 is 1.48 bits per heavy atom. The average molecular weight is 707 g/mol. The lowest BCUT2D eigenvalue weighted by atomic mass is 9.94. The maximum Gasteiger partial charge on any atom is 0.264 e. The Kier molecular flexibility index (Phi) is 12.2. The summed E-state index contributed by atoms with van der Waals surface area (Å²) < 4.78 is 29.5. The van der Waals surface area contributed by atoms with Crippen LogP contribution in [0.4, 0.5) is 5.69 Å². The topological polar surface area (TPSA) is 86.8 Å². The van der Waals surface area contributed by atoms with E-state index in [0.717, 1.165) is 54.0 Å². The van der Waals surface area contributed by atoms with Crippen molar-refractivity contribution < 1.29 is 18.0 Å². The Morgan fingerprint density at radius 1 is 0.833 bits per heavy atom. The molecule has 1 N–H and O–H groups in total. The lowest BCUT2D eigenvalue weighted by molar-refractivity contribution is -0.140. The van der Waals surface area contributed by atoms with Crippen LogP contribution in [0.1, 0.15) is 55.7 Å². The third kappa shape index (κ3) is 8.98. The molecular formula is C38H41Cl2N3O4S. The maximum absolute atomic E-state index is 14.7. The number of nitrogens with one attached hydrogen (secondary N) is 1. The SMILES string of the molecule is CCc1ccc(N(CC(=O)N(Cc2ccc(Cl)cc2Cl)C(Cc2ccccc2)C(=O)NC2CCCCC2)S(=O)(=O)c2ccccc2)cc1. The summed E-state index contributed by atoms with van der Waals surface area (Å²) in [6, 6.07) is 28.8. The standard InChI is InChI=1S/C38H41Cl2N3O4S/c1-2-28-18-22-33(23-19-28)43(48(46,47)34-16-10-5-11-17-34)27-37(44)42(26-30-20-21-31(39)25-35(30)40)36(24-29-12-6-3-7-13-29)38(45)41-32-14-8-4-9-15-32/h3,5-7,10-13,16-23,25,32,36H,2,4,8-9,14-15,24,26-27H2,1H3,(H,41,45). The molecule has 4 aromatic carbocycles. The summed E-state index contributed by atoms with van der Waals surface area (Å²) >= 11 is 12.8. The van der Waals surface area contributed by atoms with Crippen molar-refractivity contribution in [3.05, 3.63) is 130 Å². The maximum atomic E-state index is 14.7. The zero-order valence-corrected chi connectivity index (χ0v) is 29.4. The molecule has 1 aliphatic rings. The van der Waals surface area contributed by atoms with E-state index in [0.29, 0.717) is 21.3 Å². The zero-order valence-electron chi connectivity index (χ0n) is 27.0. The van der Waals surface area contributed by atoms with Crippen molar-refractivity contribution in [2.75, 3.05) is 10.8 Å². The minimum atomic E-state index is -4.17. The van der Waals surface area contributed by atoms with Gasteiger partial charge in [-0.3, -0.25) is 13.9 Å². The van der Waals surface area contributed by atoms with Crippen LogP contribution in [0.2, 0.25) is 10.0 Å². The molecule has 1 unspecified atom stereocenters. The van der Waals surface area contributed by atoms with Crippen molar-refractivity contribution >= 4 is 50.7 Å². The van der Waals surface area contributed by atoms with Gasteiger partial charge in [-0.05, 0) is 72.4 Å². The van der Waals surface area contributed by atoms with Crippen molar-refractivity contribution in [2.24, 2.45) is 0 Å². The smallest absolute Gasteiger partial charge is 0.264 e. The molecule has 0 bridgehead atoms. The first-order chi connectivity index (χ1) is 23.2. The number of aryl methyl sites for hydroxylation is 1. The Labute approximate surface area is 293 Å². The largest absolute Gasteiger partial charge is 0.352 e. The number of benzene rings is 4. The van der Waals surface area contributed by atoms with Gasteiger partial charge in [0.1, 0.15) is 12.6 Å². The number of nitrogens with zero attached hydrogens (tertiary/aromatic N) is 2. The van der Waals surface area contributed by atoms with Gasteiger partial charge in [0, 0.05) is 29.1 Å². The first-order valence-corrected chi connectivity index (χ1v) is 18.6. The van der Waals surface area contributed by atoms with Gasteiger partial charge in [0.2, 0.25) is 11.8 Å². The summed E-state index contributed by atoms with van der Waals surface area (Å²) in [4.78, 5) is 30.5. The molecule has 4 aromatic rings. The van der Waals surface area contributed by atoms with Crippen LogP contribution in [0.15, 0.2) is 108 Å². The van der Waals surface area contributed by atoms with Gasteiger partial charge in [0.15, 0.2) is 0 Å². The summed E-state index contributed by atoms with van der Waals surface area (Å²) in [6.45, 7) is 1.45. The number of halogens is 2. The van der Waals surface area contributed by atoms with Crippen LogP contribution in [-0.4, -0.2) is 43.8 Å². The number of amides is 2. The normalized spacial score (nSPS) is 14.2. The molecule has 2 amide bonds. The number of hydrogen-bond donors (Lipinski definition) is 1. The zero-order chi connectivity index (χ0) is 34.1. The van der Waals surface area contributed by atoms with Gasteiger partial charge in [-0.1, -0.05) is 116 Å². The van der Waals surface area contributed by atoms with E-state index in [2.05, 4.69) is 5.32 Å². The van der Waals surface area contributed by atoms with Crippen molar-refractivity contribution in [2.45, 2.75) is 75.4 Å². The van der Waals surface area contributed by atoms with E-state index in [1.807, 2.05) is 49.4 Å². The third-order valence-electron chi connectivity index (χ3n) is 8.82. The fourth-order valence-electron chi connectivity index (χ4n) is 6.08. The summed E-state index contributed by atoms with van der Waals surface area (Å²) in [5.41, 5.74) is 2.83. The van der Waals surface area contributed by atoms with Crippen LogP contribution in [0, 0.1) is 0 Å². The minimum absolute atomic E-state index is 0.00707. The Morgan fingerprint density at radius 3 is 2.10 bits per heavy atom. The lowest BCUT2D eigenvalue weighted by Gasteiger charge is -2.35. The van der Waals surface area contributed by atoms with E-state index in [9.17, 15) is 18.0 Å². The Hall–Kier alpha value is -3.85. The molecule has 0 radical (unpaired) electrons. The number of sulfonamides is 1. The van der Waals surface area contributed by atoms with Gasteiger partial charge in [0.05, 0.1) is 10.6 Å². The van der Waals surface area contributed by atoms with Crippen molar-refractivity contribution in [1.82, 2.24) is 10.2 Å². The van der Waals surface area contributed by atoms with Gasteiger partial charge < -0.3 is 10.2 Å². The highest BCUT2D eigenvalue weighted by Crippen LogP contribution is 2.28. The van der Waals surface area contributed by atoms with E-state index in [1.54, 1.807) is 48.5 Å². The highest BCUT2D eigenvalue weighted by atomic mass is 35.5. The number of hydrogen-bond acceptors (Lipinski definition) is 4. The molecule has 252 valence electrons. The molecule has 0 aliphatic heterocycles. The van der Waals surface area contributed by atoms with Gasteiger partial charge >= 0.3 is 0 Å². The molecule has 0 aromatic heterocycles. The molecule has 48 heavy (non-hydrogen) atoms. The molecule has 7 nitrogen and oxygen atoms in total. The van der Waals surface area contributed by atoms with E-state index in [-0.39, 0.29) is 29.8 Å². The molecular weight excluding hydrogens is 665 g/mol. The predicted molar refractivity (Wildman–Crippen MR) is 193 cm³/mol. The fraction of sp³-hybridized carbons (Fsp3) is 0.316. The Bertz CT molecular complexity index is 1780. The van der Waals surface area contributed by atoms with Gasteiger partial charge in [-0.15, -0.1) is 0 Å². The summed E-state index contributed by atoms with van der Waals surface area (Å²) in [5.74, 6) is -0.825. The molecule has 1 saturated carbocycles. The van der Waals surface area contributed by atoms with Crippen LogP contribution in [0.3, 0.4) is 0 Å². The van der Waals surface area contributed by atoms with E-state index in [4.69, 9.17) is 23.2 Å². The molecule has 0 saturated heterocycles. The quantitative estimate of drug-likeness (QED) is 0.154. The van der Waals surface area contributed by atoms with Gasteiger partial charge in [0.25, 0.3) is 10.0 Å². The van der Waals surface area contributed by atoms with Crippen molar-refractivity contribution in [1.29, 1.82) is 0 Å². The minimum Gasteiger partial charge on any atom is -0.352 e. The van der Waals surface area contributed by atoms with Crippen LogP contribution in [0.25, 0.3) is 0 Å². The van der Waals surface area contributed by atoms with Crippen molar-refractivity contribution in [3.8, 4) is 0 Å². The fourth-order valence-corrected chi connectivity index (χ4v) is 7.98. The highest BCUT2D eigenvalue weighted by molar-refractivity contribution is 7.92. The monoisotopic (exact) mass is 705 g/mol. The first-order valence-electron chi connectivity index (χ1n) is 16.4. The molecule has 5 rings (SSSR count). The number of carbonyl (C=O) groups is 2. The molecule has 1 fully saturated rings. The second-order valence-corrected chi connectivity index (χ2v) is 14.9. The molecule has 10 heteroatoms. The number of rotatable bonds is 13. The van der Waals surface area contributed by atoms with Crippen LogP contribution < -0.4 is 9.62 Å². The number of carbonyl (C=O) groups excluding carboxylic acids is 2. The van der Waals surface area contributed by atoms with Crippen LogP contribution in [0.5, 0.6) is 0 Å². The van der Waals surface area contributed by atoms with E-state index < -0.39 is 28.5 Å².